The van der Waals surface area contributed by atoms with Gasteiger partial charge >= 0.3 is 5.97 Å². The number of carbonyl (C=O) groups is 1. The molecule has 1 atom stereocenters. The number of methoxy groups -OCH3 is 1. The minimum atomic E-state index is -3.97. The van der Waals surface area contributed by atoms with Crippen LogP contribution < -0.4 is 16.0 Å². The van der Waals surface area contributed by atoms with Gasteiger partial charge in [-0.1, -0.05) is 25.7 Å². The van der Waals surface area contributed by atoms with Gasteiger partial charge in [0, 0.05) is 19.0 Å². The van der Waals surface area contributed by atoms with Gasteiger partial charge in [0.05, 0.1) is 29.7 Å². The zero-order chi connectivity index (χ0) is 27.6. The van der Waals surface area contributed by atoms with Crippen LogP contribution in [-0.4, -0.2) is 65.2 Å². The van der Waals surface area contributed by atoms with E-state index in [0.717, 1.165) is 31.5 Å². The van der Waals surface area contributed by atoms with Crippen LogP contribution in [0.4, 0.5) is 0 Å². The topological polar surface area (TPSA) is 162 Å². The van der Waals surface area contributed by atoms with Gasteiger partial charge < -0.3 is 14.5 Å². The fourth-order valence-electron chi connectivity index (χ4n) is 5.59. The Morgan fingerprint density at radius 3 is 2.64 bits per heavy atom. The fourth-order valence-corrected chi connectivity index (χ4v) is 7.14. The number of nitrogens with one attached hydrogen (secondary N) is 1. The van der Waals surface area contributed by atoms with Crippen LogP contribution in [0, 0.1) is 5.92 Å². The molecule has 39 heavy (non-hydrogen) atoms. The highest BCUT2D eigenvalue weighted by Gasteiger charge is 2.34. The molecule has 12 nitrogen and oxygen atoms in total. The van der Waals surface area contributed by atoms with Crippen LogP contribution in [-0.2, 0) is 19.6 Å². The molecular formula is C26H34N6O6S. The number of aromatic amines is 1. The van der Waals surface area contributed by atoms with Crippen LogP contribution in [0.5, 0.6) is 5.75 Å². The Morgan fingerprint density at radius 1 is 1.15 bits per heavy atom. The molecule has 3 N–H and O–H groups in total. The molecule has 1 aliphatic carbocycles. The molecule has 210 valence electrons. The van der Waals surface area contributed by atoms with Crippen molar-refractivity contribution in [1.82, 2.24) is 23.9 Å². The minimum Gasteiger partial charge on any atom is -0.496 e. The van der Waals surface area contributed by atoms with E-state index in [9.17, 15) is 18.0 Å². The summed E-state index contributed by atoms with van der Waals surface area (Å²) in [4.78, 5) is 32.6. The predicted molar refractivity (Wildman–Crippen MR) is 143 cm³/mol. The minimum absolute atomic E-state index is 0.00325. The van der Waals surface area contributed by atoms with Gasteiger partial charge in [0.1, 0.15) is 18.3 Å². The summed E-state index contributed by atoms with van der Waals surface area (Å²) >= 11 is 0. The van der Waals surface area contributed by atoms with Crippen molar-refractivity contribution >= 4 is 21.5 Å². The Morgan fingerprint density at radius 2 is 1.92 bits per heavy atom. The summed E-state index contributed by atoms with van der Waals surface area (Å²) in [6, 6.07) is 4.43. The smallest absolute Gasteiger partial charge is 0.311 e. The molecule has 1 saturated carbocycles. The monoisotopic (exact) mass is 558 g/mol. The first-order valence-corrected chi connectivity index (χ1v) is 14.8. The number of hydrogen-bond donors (Lipinski definition) is 2. The number of hydrogen-bond acceptors (Lipinski definition) is 9. The number of aromatic nitrogens is 4. The number of carbonyl (C=O) groups excluding carboxylic acids is 1. The first-order valence-electron chi connectivity index (χ1n) is 13.4. The molecule has 0 radical (unpaired) electrons. The normalized spacial score (nSPS) is 19.6. The molecule has 2 aromatic heterocycles. The average Bonchev–Trinajstić information content (AvgIpc) is 3.19. The molecule has 2 fully saturated rings. The number of H-pyrrole nitrogens is 1. The third-order valence-corrected chi connectivity index (χ3v) is 9.52. The van der Waals surface area contributed by atoms with E-state index in [1.807, 2.05) is 0 Å². The zero-order valence-corrected chi connectivity index (χ0v) is 22.8. The number of nitrogens with zero attached hydrogens (tertiary/aromatic N) is 4. The van der Waals surface area contributed by atoms with Gasteiger partial charge in [-0.15, -0.1) is 5.10 Å². The quantitative estimate of drug-likeness (QED) is 0.252. The third kappa shape index (κ3) is 5.43. The van der Waals surface area contributed by atoms with E-state index in [0.29, 0.717) is 29.7 Å². The summed E-state index contributed by atoms with van der Waals surface area (Å²) in [5, 5.41) is 4.71. The summed E-state index contributed by atoms with van der Waals surface area (Å²) in [5.74, 6) is 0.383. The molecule has 2 aliphatic rings. The Labute approximate surface area is 226 Å². The molecule has 1 aliphatic heterocycles. The van der Waals surface area contributed by atoms with Crippen molar-refractivity contribution in [2.24, 2.45) is 11.7 Å². The Bertz CT molecular complexity index is 1510. The number of imidazole rings is 1. The van der Waals surface area contributed by atoms with Crippen molar-refractivity contribution in [1.29, 1.82) is 0 Å². The molecule has 0 amide bonds. The lowest BCUT2D eigenvalue weighted by molar-refractivity contribution is -0.149. The lowest BCUT2D eigenvalue weighted by atomic mass is 10.00. The summed E-state index contributed by atoms with van der Waals surface area (Å²) in [6.45, 7) is 0.0269. The third-order valence-electron chi connectivity index (χ3n) is 7.66. The molecule has 1 unspecified atom stereocenters. The number of esters is 1. The van der Waals surface area contributed by atoms with Crippen LogP contribution in [0.2, 0.25) is 0 Å². The van der Waals surface area contributed by atoms with Crippen molar-refractivity contribution in [2.75, 3.05) is 26.9 Å². The van der Waals surface area contributed by atoms with Gasteiger partial charge in [0.25, 0.3) is 5.56 Å². The highest BCUT2D eigenvalue weighted by Crippen LogP contribution is 2.34. The number of ether oxygens (including phenoxy) is 2. The Hall–Kier alpha value is -3.29. The van der Waals surface area contributed by atoms with Crippen LogP contribution in [0.15, 0.2) is 34.1 Å². The second kappa shape index (κ2) is 11.4. The number of benzene rings is 1. The van der Waals surface area contributed by atoms with Gasteiger partial charge in [-0.2, -0.15) is 4.31 Å². The van der Waals surface area contributed by atoms with E-state index < -0.39 is 21.9 Å². The van der Waals surface area contributed by atoms with E-state index >= 15 is 0 Å². The van der Waals surface area contributed by atoms with Crippen molar-refractivity contribution in [3.63, 3.8) is 0 Å². The van der Waals surface area contributed by atoms with E-state index in [2.05, 4.69) is 9.97 Å². The Kier molecular flexibility index (Phi) is 8.01. The van der Waals surface area contributed by atoms with E-state index in [4.69, 9.17) is 20.3 Å². The number of sulfonamides is 1. The summed E-state index contributed by atoms with van der Waals surface area (Å²) in [5.41, 5.74) is 5.61. The summed E-state index contributed by atoms with van der Waals surface area (Å²) < 4.78 is 40.5. The molecule has 13 heteroatoms. The van der Waals surface area contributed by atoms with E-state index in [-0.39, 0.29) is 42.0 Å². The second-order valence-corrected chi connectivity index (χ2v) is 12.0. The van der Waals surface area contributed by atoms with Crippen molar-refractivity contribution in [2.45, 2.75) is 62.2 Å². The molecule has 5 rings (SSSR count). The predicted octanol–water partition coefficient (Wildman–Crippen LogP) is 2.39. The summed E-state index contributed by atoms with van der Waals surface area (Å²) in [6.07, 6.45) is 9.12. The lowest BCUT2D eigenvalue weighted by Crippen LogP contribution is -2.43. The highest BCUT2D eigenvalue weighted by molar-refractivity contribution is 7.89. The van der Waals surface area contributed by atoms with Crippen molar-refractivity contribution < 1.29 is 22.7 Å². The molecule has 1 aromatic carbocycles. The average molecular weight is 559 g/mol. The highest BCUT2D eigenvalue weighted by atomic mass is 32.2. The zero-order valence-electron chi connectivity index (χ0n) is 22.0. The van der Waals surface area contributed by atoms with Crippen molar-refractivity contribution in [3.8, 4) is 17.1 Å². The van der Waals surface area contributed by atoms with Gasteiger partial charge in [-0.05, 0) is 43.9 Å². The van der Waals surface area contributed by atoms with Gasteiger partial charge in [0.2, 0.25) is 10.0 Å². The fraction of sp³-hybridized carbons (Fsp3) is 0.538. The number of fused-ring (bicyclic) bond motifs is 1. The number of nitrogens with two attached hydrogens (primary N) is 1. The summed E-state index contributed by atoms with van der Waals surface area (Å²) in [7, 11) is -2.50. The van der Waals surface area contributed by atoms with Crippen LogP contribution in [0.3, 0.4) is 0 Å². The Balaban J connectivity index is 1.53. The van der Waals surface area contributed by atoms with Gasteiger partial charge in [-0.3, -0.25) is 15.3 Å². The second-order valence-electron chi connectivity index (χ2n) is 10.1. The van der Waals surface area contributed by atoms with E-state index in [1.54, 1.807) is 4.52 Å². The van der Waals surface area contributed by atoms with Gasteiger partial charge in [0.15, 0.2) is 11.3 Å². The maximum Gasteiger partial charge on any atom is 0.311 e. The first kappa shape index (κ1) is 27.3. The van der Waals surface area contributed by atoms with Crippen molar-refractivity contribution in [3.05, 3.63) is 40.6 Å². The SMILES string of the molecule is COc1ccc(S(=O)(=O)N2CCCC(C(=O)OCN)C2)cc1-c1nn2c(C3CCCCCC3)ncc2c(=O)[nH]1. The molecule has 1 saturated heterocycles. The van der Waals surface area contributed by atoms with Crippen LogP contribution in [0.25, 0.3) is 16.9 Å². The maximum atomic E-state index is 13.6. The lowest BCUT2D eigenvalue weighted by Gasteiger charge is -2.30. The van der Waals surface area contributed by atoms with Gasteiger partial charge in [-0.25, -0.2) is 17.9 Å². The number of piperidine rings is 1. The molecule has 0 bridgehead atoms. The van der Waals surface area contributed by atoms with Crippen LogP contribution in [0.1, 0.15) is 63.1 Å². The first-order chi connectivity index (χ1) is 18.8. The standard InChI is InChI=1S/C26H34N6O6S/c1-37-22-11-10-19(39(35,36)31-12-6-9-18(15-31)26(34)38-16-27)13-20(22)23-29-25(33)21-14-28-24(32(21)30-23)17-7-4-2-3-5-8-17/h10-11,13-14,17-18H,2-9,12,15-16,27H2,1H3,(H,29,30,33). The largest absolute Gasteiger partial charge is 0.496 e. The molecule has 3 aromatic rings. The van der Waals surface area contributed by atoms with Crippen LogP contribution >= 0.6 is 0 Å². The molecule has 3 heterocycles. The number of rotatable bonds is 7. The maximum absolute atomic E-state index is 13.6. The molecular weight excluding hydrogens is 524 g/mol. The molecule has 0 spiro atoms. The van der Waals surface area contributed by atoms with E-state index in [1.165, 1.54) is 48.7 Å².